The number of nitrogens with one attached hydrogen (secondary N) is 1. The summed E-state index contributed by atoms with van der Waals surface area (Å²) in [6.07, 6.45) is 1.07. The maximum Gasteiger partial charge on any atom is 0.161 e. The zero-order valence-corrected chi connectivity index (χ0v) is 13.1. The van der Waals surface area contributed by atoms with Crippen LogP contribution in [0.15, 0.2) is 17.1 Å². The van der Waals surface area contributed by atoms with Crippen LogP contribution in [0, 0.1) is 0 Å². The summed E-state index contributed by atoms with van der Waals surface area (Å²) in [6, 6.07) is 3.35. The molecule has 1 aliphatic heterocycles. The molecule has 0 amide bonds. The minimum absolute atomic E-state index is 0.0315. The molecule has 1 heterocycles. The molecule has 0 spiro atoms. The SMILES string of the molecule is CC1(C)CCSC(Nc2cc(Cl)c(Cl)cc2Cl)=N1. The topological polar surface area (TPSA) is 24.4 Å². The number of hydrogen-bond donors (Lipinski definition) is 1. The van der Waals surface area contributed by atoms with Gasteiger partial charge in [0.05, 0.1) is 26.3 Å². The number of rotatable bonds is 1. The minimum atomic E-state index is -0.0315. The maximum absolute atomic E-state index is 6.12. The number of anilines is 1. The van der Waals surface area contributed by atoms with Gasteiger partial charge in [0, 0.05) is 5.75 Å². The predicted octanol–water partition coefficient (Wildman–Crippen LogP) is 5.33. The van der Waals surface area contributed by atoms with Crippen LogP contribution in [0.4, 0.5) is 5.69 Å². The molecule has 98 valence electrons. The van der Waals surface area contributed by atoms with E-state index in [1.54, 1.807) is 23.9 Å². The van der Waals surface area contributed by atoms with Gasteiger partial charge in [-0.1, -0.05) is 46.6 Å². The van der Waals surface area contributed by atoms with E-state index >= 15 is 0 Å². The zero-order valence-electron chi connectivity index (χ0n) is 10.1. The number of halogens is 3. The molecule has 1 aromatic rings. The summed E-state index contributed by atoms with van der Waals surface area (Å²) in [5.74, 6) is 1.04. The van der Waals surface area contributed by atoms with Gasteiger partial charge in [0.2, 0.25) is 0 Å². The van der Waals surface area contributed by atoms with E-state index in [1.807, 2.05) is 0 Å². The van der Waals surface area contributed by atoms with Crippen molar-refractivity contribution < 1.29 is 0 Å². The zero-order chi connectivity index (χ0) is 13.3. The van der Waals surface area contributed by atoms with E-state index in [1.165, 1.54) is 0 Å². The summed E-state index contributed by atoms with van der Waals surface area (Å²) in [6.45, 7) is 4.23. The minimum Gasteiger partial charge on any atom is -0.334 e. The molecule has 6 heteroatoms. The van der Waals surface area contributed by atoms with Crippen LogP contribution in [0.2, 0.25) is 15.1 Å². The molecule has 1 N–H and O–H groups in total. The Balaban J connectivity index is 2.24. The van der Waals surface area contributed by atoms with Crippen LogP contribution in [-0.4, -0.2) is 16.5 Å². The molecule has 0 aliphatic carbocycles. The monoisotopic (exact) mass is 322 g/mol. The van der Waals surface area contributed by atoms with E-state index < -0.39 is 0 Å². The molecular formula is C12H13Cl3N2S. The van der Waals surface area contributed by atoms with Gasteiger partial charge in [-0.15, -0.1) is 0 Å². The summed E-state index contributed by atoms with van der Waals surface area (Å²) >= 11 is 19.7. The Morgan fingerprint density at radius 3 is 2.50 bits per heavy atom. The van der Waals surface area contributed by atoms with Crippen LogP contribution in [0.5, 0.6) is 0 Å². The summed E-state index contributed by atoms with van der Waals surface area (Å²) in [7, 11) is 0. The highest BCUT2D eigenvalue weighted by atomic mass is 35.5. The number of benzene rings is 1. The summed E-state index contributed by atoms with van der Waals surface area (Å²) < 4.78 is 0. The first-order valence-corrected chi connectivity index (χ1v) is 7.63. The number of amidine groups is 1. The first kappa shape index (κ1) is 14.3. The highest BCUT2D eigenvalue weighted by Gasteiger charge is 2.23. The summed E-state index contributed by atoms with van der Waals surface area (Å²) in [4.78, 5) is 4.64. The Morgan fingerprint density at radius 2 is 1.83 bits per heavy atom. The van der Waals surface area contributed by atoms with Crippen molar-refractivity contribution in [3.63, 3.8) is 0 Å². The maximum atomic E-state index is 6.12. The normalized spacial score (nSPS) is 18.4. The lowest BCUT2D eigenvalue weighted by molar-refractivity contribution is 0.507. The molecule has 18 heavy (non-hydrogen) atoms. The Hall–Kier alpha value is -0.0900. The van der Waals surface area contributed by atoms with Crippen LogP contribution in [-0.2, 0) is 0 Å². The average molecular weight is 324 g/mol. The van der Waals surface area contributed by atoms with Crippen molar-refractivity contribution in [2.24, 2.45) is 4.99 Å². The van der Waals surface area contributed by atoms with Gasteiger partial charge in [-0.3, -0.25) is 4.99 Å². The van der Waals surface area contributed by atoms with Crippen molar-refractivity contribution in [1.82, 2.24) is 0 Å². The Morgan fingerprint density at radius 1 is 1.17 bits per heavy atom. The molecular weight excluding hydrogens is 311 g/mol. The van der Waals surface area contributed by atoms with E-state index in [0.29, 0.717) is 15.1 Å². The van der Waals surface area contributed by atoms with E-state index in [2.05, 4.69) is 24.2 Å². The second-order valence-electron chi connectivity index (χ2n) is 4.70. The first-order chi connectivity index (χ1) is 8.37. The van der Waals surface area contributed by atoms with Gasteiger partial charge in [-0.05, 0) is 32.4 Å². The number of aliphatic imine (C=N–C) groups is 1. The first-order valence-electron chi connectivity index (χ1n) is 5.52. The molecule has 1 aliphatic rings. The second-order valence-corrected chi connectivity index (χ2v) is 7.00. The molecule has 2 nitrogen and oxygen atoms in total. The molecule has 0 atom stereocenters. The molecule has 1 aromatic carbocycles. The molecule has 0 bridgehead atoms. The van der Waals surface area contributed by atoms with E-state index in [0.717, 1.165) is 23.0 Å². The average Bonchev–Trinajstić information content (AvgIpc) is 2.24. The van der Waals surface area contributed by atoms with Crippen molar-refractivity contribution in [2.75, 3.05) is 11.1 Å². The molecule has 2 rings (SSSR count). The Kier molecular flexibility index (Phi) is 4.37. The smallest absolute Gasteiger partial charge is 0.161 e. The highest BCUT2D eigenvalue weighted by molar-refractivity contribution is 8.14. The highest BCUT2D eigenvalue weighted by Crippen LogP contribution is 2.34. The van der Waals surface area contributed by atoms with Crippen molar-refractivity contribution >= 4 is 57.4 Å². The lowest BCUT2D eigenvalue weighted by Gasteiger charge is -2.26. The van der Waals surface area contributed by atoms with E-state index in [-0.39, 0.29) is 5.54 Å². The van der Waals surface area contributed by atoms with Gasteiger partial charge in [0.15, 0.2) is 5.17 Å². The molecule has 0 saturated carbocycles. The standard InChI is InChI=1S/C12H13Cl3N2S/c1-12(2)3-4-18-11(17-12)16-10-6-8(14)7(13)5-9(10)15/h5-6H,3-4H2,1-2H3,(H,16,17). The van der Waals surface area contributed by atoms with Gasteiger partial charge >= 0.3 is 0 Å². The number of nitrogens with zero attached hydrogens (tertiary/aromatic N) is 1. The van der Waals surface area contributed by atoms with Gasteiger partial charge in [0.1, 0.15) is 0 Å². The Bertz CT molecular complexity index is 500. The molecule has 0 fully saturated rings. The third-order valence-electron chi connectivity index (χ3n) is 2.61. The predicted molar refractivity (Wildman–Crippen MR) is 83.7 cm³/mol. The second kappa shape index (κ2) is 5.49. The summed E-state index contributed by atoms with van der Waals surface area (Å²) in [5.41, 5.74) is 0.700. The van der Waals surface area contributed by atoms with Gasteiger partial charge in [-0.25, -0.2) is 0 Å². The lowest BCUT2D eigenvalue weighted by atomic mass is 10.0. The van der Waals surface area contributed by atoms with Crippen molar-refractivity contribution in [1.29, 1.82) is 0 Å². The largest absolute Gasteiger partial charge is 0.334 e. The molecule has 0 saturated heterocycles. The lowest BCUT2D eigenvalue weighted by Crippen LogP contribution is -2.27. The van der Waals surface area contributed by atoms with Gasteiger partial charge in [0.25, 0.3) is 0 Å². The van der Waals surface area contributed by atoms with Crippen molar-refractivity contribution in [2.45, 2.75) is 25.8 Å². The van der Waals surface area contributed by atoms with Crippen LogP contribution in [0.3, 0.4) is 0 Å². The Labute approximate surface area is 126 Å². The van der Waals surface area contributed by atoms with Crippen LogP contribution >= 0.6 is 46.6 Å². The van der Waals surface area contributed by atoms with Gasteiger partial charge < -0.3 is 5.32 Å². The third kappa shape index (κ3) is 3.47. The number of thioether (sulfide) groups is 1. The molecule has 0 aromatic heterocycles. The third-order valence-corrected chi connectivity index (χ3v) is 4.52. The van der Waals surface area contributed by atoms with Crippen LogP contribution in [0.25, 0.3) is 0 Å². The van der Waals surface area contributed by atoms with Gasteiger partial charge in [-0.2, -0.15) is 0 Å². The quantitative estimate of drug-likeness (QED) is 0.706. The molecule has 0 unspecified atom stereocenters. The van der Waals surface area contributed by atoms with Crippen molar-refractivity contribution in [3.05, 3.63) is 27.2 Å². The fourth-order valence-electron chi connectivity index (χ4n) is 1.56. The number of hydrogen-bond acceptors (Lipinski definition) is 3. The fraction of sp³-hybridized carbons (Fsp3) is 0.417. The van der Waals surface area contributed by atoms with Crippen LogP contribution in [0.1, 0.15) is 20.3 Å². The van der Waals surface area contributed by atoms with Crippen molar-refractivity contribution in [3.8, 4) is 0 Å². The fourth-order valence-corrected chi connectivity index (χ4v) is 3.44. The van der Waals surface area contributed by atoms with E-state index in [4.69, 9.17) is 34.8 Å². The molecule has 0 radical (unpaired) electrons. The van der Waals surface area contributed by atoms with Crippen LogP contribution < -0.4 is 5.32 Å². The summed E-state index contributed by atoms with van der Waals surface area (Å²) in [5, 5.41) is 5.54. The van der Waals surface area contributed by atoms with E-state index in [9.17, 15) is 0 Å².